The highest BCUT2D eigenvalue weighted by atomic mass is 16.5. The smallest absolute Gasteiger partial charge is 0.0998 e. The van der Waals surface area contributed by atoms with Crippen molar-refractivity contribution in [1.29, 1.82) is 5.26 Å². The molecule has 1 heterocycles. The molecule has 0 saturated carbocycles. The zero-order valence-corrected chi connectivity index (χ0v) is 12.4. The second-order valence-corrected chi connectivity index (χ2v) is 5.70. The molecule has 21 heavy (non-hydrogen) atoms. The van der Waals surface area contributed by atoms with E-state index in [0.717, 1.165) is 30.6 Å². The molecule has 0 bridgehead atoms. The predicted molar refractivity (Wildman–Crippen MR) is 85.5 cm³/mol. The number of piperidine rings is 1. The van der Waals surface area contributed by atoms with Crippen molar-refractivity contribution < 1.29 is 4.74 Å². The van der Waals surface area contributed by atoms with E-state index >= 15 is 0 Å². The topological polar surface area (TPSA) is 36.3 Å². The molecule has 3 nitrogen and oxygen atoms in total. The summed E-state index contributed by atoms with van der Waals surface area (Å²) in [5, 5.41) is 11.5. The van der Waals surface area contributed by atoms with Gasteiger partial charge in [-0.15, -0.1) is 0 Å². The lowest BCUT2D eigenvalue weighted by Gasteiger charge is -2.35. The molecule has 0 spiro atoms. The van der Waals surface area contributed by atoms with Gasteiger partial charge in [-0.05, 0) is 30.9 Å². The van der Waals surface area contributed by atoms with Gasteiger partial charge in [-0.25, -0.2) is 0 Å². The first-order chi connectivity index (χ1) is 10.3. The minimum absolute atomic E-state index is 0.596. The van der Waals surface area contributed by atoms with Gasteiger partial charge in [0.2, 0.25) is 0 Å². The Bertz CT molecular complexity index is 672. The summed E-state index contributed by atoms with van der Waals surface area (Å²) in [7, 11) is 1.77. The summed E-state index contributed by atoms with van der Waals surface area (Å²) in [5.41, 5.74) is 1.99. The van der Waals surface area contributed by atoms with E-state index in [4.69, 9.17) is 4.74 Å². The van der Waals surface area contributed by atoms with Gasteiger partial charge in [0.25, 0.3) is 0 Å². The van der Waals surface area contributed by atoms with Crippen LogP contribution in [0.25, 0.3) is 10.8 Å². The predicted octanol–water partition coefficient (Wildman–Crippen LogP) is 3.57. The molecule has 1 atom stereocenters. The van der Waals surface area contributed by atoms with E-state index in [2.05, 4.69) is 23.1 Å². The van der Waals surface area contributed by atoms with Crippen molar-refractivity contribution in [2.45, 2.75) is 12.8 Å². The highest BCUT2D eigenvalue weighted by molar-refractivity contribution is 5.97. The number of hydrogen-bond donors (Lipinski definition) is 0. The van der Waals surface area contributed by atoms with Crippen LogP contribution >= 0.6 is 0 Å². The van der Waals surface area contributed by atoms with Crippen molar-refractivity contribution in [2.24, 2.45) is 5.92 Å². The maximum absolute atomic E-state index is 9.27. The number of ether oxygens (including phenoxy) is 1. The normalized spacial score (nSPS) is 18.7. The van der Waals surface area contributed by atoms with Gasteiger partial charge < -0.3 is 9.64 Å². The van der Waals surface area contributed by atoms with Crippen molar-refractivity contribution in [3.05, 3.63) is 42.0 Å². The first-order valence-electron chi connectivity index (χ1n) is 7.49. The maximum Gasteiger partial charge on any atom is 0.0998 e. The molecule has 108 valence electrons. The van der Waals surface area contributed by atoms with Crippen LogP contribution in [-0.2, 0) is 4.74 Å². The number of nitrogens with zero attached hydrogens (tertiary/aromatic N) is 2. The Balaban J connectivity index is 1.99. The zero-order chi connectivity index (χ0) is 14.7. The lowest BCUT2D eigenvalue weighted by atomic mass is 9.96. The molecule has 3 heteroatoms. The Hall–Kier alpha value is -2.05. The Morgan fingerprint density at radius 2 is 2.05 bits per heavy atom. The van der Waals surface area contributed by atoms with Crippen molar-refractivity contribution in [1.82, 2.24) is 0 Å². The monoisotopic (exact) mass is 280 g/mol. The van der Waals surface area contributed by atoms with Gasteiger partial charge in [-0.1, -0.05) is 24.3 Å². The quantitative estimate of drug-likeness (QED) is 0.862. The van der Waals surface area contributed by atoms with Crippen LogP contribution in [0.1, 0.15) is 18.4 Å². The summed E-state index contributed by atoms with van der Waals surface area (Å²) in [6.45, 7) is 2.94. The largest absolute Gasteiger partial charge is 0.384 e. The van der Waals surface area contributed by atoms with Gasteiger partial charge in [-0.3, -0.25) is 0 Å². The van der Waals surface area contributed by atoms with Crippen LogP contribution in [0.3, 0.4) is 0 Å². The summed E-state index contributed by atoms with van der Waals surface area (Å²) in [4.78, 5) is 2.44. The van der Waals surface area contributed by atoms with Crippen molar-refractivity contribution in [3.63, 3.8) is 0 Å². The second kappa shape index (κ2) is 6.15. The molecule has 2 aromatic carbocycles. The summed E-state index contributed by atoms with van der Waals surface area (Å²) >= 11 is 0. The first kappa shape index (κ1) is 13.9. The van der Waals surface area contributed by atoms with Crippen LogP contribution in [0.15, 0.2) is 36.4 Å². The van der Waals surface area contributed by atoms with E-state index in [1.54, 1.807) is 7.11 Å². The first-order valence-corrected chi connectivity index (χ1v) is 7.49. The number of benzene rings is 2. The van der Waals surface area contributed by atoms with Gasteiger partial charge in [0.15, 0.2) is 0 Å². The Morgan fingerprint density at radius 3 is 2.81 bits per heavy atom. The van der Waals surface area contributed by atoms with Crippen molar-refractivity contribution in [3.8, 4) is 6.07 Å². The summed E-state index contributed by atoms with van der Waals surface area (Å²) in [5.74, 6) is 0.596. The molecule has 0 aliphatic carbocycles. The molecule has 0 amide bonds. The van der Waals surface area contributed by atoms with Crippen LogP contribution in [0.2, 0.25) is 0 Å². The standard InChI is InChI=1S/C18H20N2O/c1-21-13-14-5-4-10-20(12-14)18-9-8-15(11-19)16-6-2-3-7-17(16)18/h2-3,6-9,14H,4-5,10,12-13H2,1H3. The summed E-state index contributed by atoms with van der Waals surface area (Å²) in [6.07, 6.45) is 2.43. The fourth-order valence-corrected chi connectivity index (χ4v) is 3.31. The summed E-state index contributed by atoms with van der Waals surface area (Å²) in [6, 6.07) is 14.5. The molecule has 1 saturated heterocycles. The third-order valence-electron chi connectivity index (χ3n) is 4.28. The summed E-state index contributed by atoms with van der Waals surface area (Å²) < 4.78 is 5.32. The Labute approximate surface area is 125 Å². The molecule has 0 aromatic heterocycles. The van der Waals surface area contributed by atoms with E-state index in [9.17, 15) is 5.26 Å². The average molecular weight is 280 g/mol. The number of anilines is 1. The van der Waals surface area contributed by atoms with E-state index in [0.29, 0.717) is 5.92 Å². The van der Waals surface area contributed by atoms with Crippen LogP contribution in [0.5, 0.6) is 0 Å². The van der Waals surface area contributed by atoms with Gasteiger partial charge in [0.05, 0.1) is 18.2 Å². The van der Waals surface area contributed by atoms with E-state index < -0.39 is 0 Å². The average Bonchev–Trinajstić information content (AvgIpc) is 2.54. The van der Waals surface area contributed by atoms with Crippen molar-refractivity contribution in [2.75, 3.05) is 31.7 Å². The molecular weight excluding hydrogens is 260 g/mol. The van der Waals surface area contributed by atoms with Crippen LogP contribution in [0, 0.1) is 17.2 Å². The molecule has 1 unspecified atom stereocenters. The van der Waals surface area contributed by atoms with Crippen molar-refractivity contribution >= 4 is 16.5 Å². The maximum atomic E-state index is 9.27. The number of fused-ring (bicyclic) bond motifs is 1. The molecular formula is C18H20N2O. The van der Waals surface area contributed by atoms with E-state index in [-0.39, 0.29) is 0 Å². The van der Waals surface area contributed by atoms with Crippen LogP contribution in [-0.4, -0.2) is 26.8 Å². The van der Waals surface area contributed by atoms with E-state index in [1.165, 1.54) is 23.9 Å². The highest BCUT2D eigenvalue weighted by Gasteiger charge is 2.21. The second-order valence-electron chi connectivity index (χ2n) is 5.70. The lowest BCUT2D eigenvalue weighted by molar-refractivity contribution is 0.143. The third-order valence-corrected chi connectivity index (χ3v) is 4.28. The SMILES string of the molecule is COCC1CCCN(c2ccc(C#N)c3ccccc23)C1. The Kier molecular flexibility index (Phi) is 4.08. The lowest BCUT2D eigenvalue weighted by Crippen LogP contribution is -2.37. The Morgan fingerprint density at radius 1 is 1.24 bits per heavy atom. The van der Waals surface area contributed by atoms with Crippen LogP contribution < -0.4 is 4.90 Å². The molecule has 1 aliphatic rings. The minimum atomic E-state index is 0.596. The van der Waals surface area contributed by atoms with Crippen LogP contribution in [0.4, 0.5) is 5.69 Å². The number of methoxy groups -OCH3 is 1. The van der Waals surface area contributed by atoms with Gasteiger partial charge in [0.1, 0.15) is 0 Å². The van der Waals surface area contributed by atoms with E-state index in [1.807, 2.05) is 24.3 Å². The fourth-order valence-electron chi connectivity index (χ4n) is 3.31. The molecule has 0 N–H and O–H groups in total. The number of nitriles is 1. The molecule has 1 aliphatic heterocycles. The molecule has 2 aromatic rings. The van der Waals surface area contributed by atoms with Gasteiger partial charge >= 0.3 is 0 Å². The molecule has 0 radical (unpaired) electrons. The minimum Gasteiger partial charge on any atom is -0.384 e. The number of hydrogen-bond acceptors (Lipinski definition) is 3. The zero-order valence-electron chi connectivity index (χ0n) is 12.4. The fraction of sp³-hybridized carbons (Fsp3) is 0.389. The molecule has 1 fully saturated rings. The number of rotatable bonds is 3. The third kappa shape index (κ3) is 2.72. The molecule has 3 rings (SSSR count). The van der Waals surface area contributed by atoms with Gasteiger partial charge in [0, 0.05) is 36.7 Å². The highest BCUT2D eigenvalue weighted by Crippen LogP contribution is 2.32. The van der Waals surface area contributed by atoms with Gasteiger partial charge in [-0.2, -0.15) is 5.26 Å².